The molecule has 4 heteroatoms. The third kappa shape index (κ3) is 2.61. The molecule has 0 aliphatic carbocycles. The van der Waals surface area contributed by atoms with Crippen molar-refractivity contribution in [2.75, 3.05) is 0 Å². The number of aliphatic hydroxyl groups excluding tert-OH is 1. The molecular weight excluding hydrogens is 176 g/mol. The van der Waals surface area contributed by atoms with E-state index >= 15 is 0 Å². The predicted octanol–water partition coefficient (Wildman–Crippen LogP) is 1.77. The Morgan fingerprint density at radius 1 is 1.08 bits per heavy atom. The van der Waals surface area contributed by atoms with E-state index in [0.29, 0.717) is 0 Å². The third-order valence-electron chi connectivity index (χ3n) is 2.02. The smallest absolute Gasteiger partial charge is 0.290 e. The van der Waals surface area contributed by atoms with Crippen molar-refractivity contribution in [1.82, 2.24) is 0 Å². The highest BCUT2D eigenvalue weighted by Crippen LogP contribution is 2.38. The second-order valence-corrected chi connectivity index (χ2v) is 5.11. The Labute approximate surface area is 78.1 Å². The number of alkyl halides is 2. The number of nitrogens with two attached hydrogens (primary N) is 1. The summed E-state index contributed by atoms with van der Waals surface area (Å²) in [4.78, 5) is 0. The zero-order valence-corrected chi connectivity index (χ0v) is 8.86. The van der Waals surface area contributed by atoms with Crippen LogP contribution in [-0.4, -0.2) is 22.7 Å². The molecule has 0 fully saturated rings. The maximum atomic E-state index is 13.4. The minimum atomic E-state index is -3.29. The van der Waals surface area contributed by atoms with Crippen molar-refractivity contribution in [1.29, 1.82) is 0 Å². The molecule has 0 aliphatic heterocycles. The van der Waals surface area contributed by atoms with Gasteiger partial charge in [0.05, 0.1) is 5.54 Å². The molecule has 0 aromatic rings. The molecule has 0 saturated heterocycles. The zero-order chi connectivity index (χ0) is 11.1. The normalized spacial score (nSPS) is 17.3. The van der Waals surface area contributed by atoms with E-state index in [1.807, 2.05) is 0 Å². The van der Waals surface area contributed by atoms with Gasteiger partial charge in [0.15, 0.2) is 0 Å². The molecule has 0 rings (SSSR count). The minimum absolute atomic E-state index is 0.875. The van der Waals surface area contributed by atoms with E-state index in [0.717, 1.165) is 0 Å². The third-order valence-corrected chi connectivity index (χ3v) is 2.02. The first-order chi connectivity index (χ1) is 5.40. The summed E-state index contributed by atoms with van der Waals surface area (Å²) in [7, 11) is 0. The van der Waals surface area contributed by atoms with Gasteiger partial charge < -0.3 is 10.8 Å². The first-order valence-electron chi connectivity index (χ1n) is 4.25. The first kappa shape index (κ1) is 12.8. The second kappa shape index (κ2) is 3.17. The molecule has 80 valence electrons. The highest BCUT2D eigenvalue weighted by atomic mass is 19.3. The van der Waals surface area contributed by atoms with Gasteiger partial charge in [-0.15, -0.1) is 0 Å². The summed E-state index contributed by atoms with van der Waals surface area (Å²) in [6.07, 6.45) is -1.74. The Kier molecular flexibility index (Phi) is 3.12. The largest absolute Gasteiger partial charge is 0.386 e. The molecule has 1 atom stereocenters. The molecule has 0 saturated carbocycles. The van der Waals surface area contributed by atoms with Crippen LogP contribution in [-0.2, 0) is 0 Å². The summed E-state index contributed by atoms with van der Waals surface area (Å²) in [5.41, 5.74) is 2.72. The minimum Gasteiger partial charge on any atom is -0.386 e. The van der Waals surface area contributed by atoms with Crippen LogP contribution < -0.4 is 5.73 Å². The van der Waals surface area contributed by atoms with Crippen LogP contribution >= 0.6 is 0 Å². The first-order valence-corrected chi connectivity index (χ1v) is 4.25. The number of hydrogen-bond donors (Lipinski definition) is 2. The van der Waals surface area contributed by atoms with Gasteiger partial charge in [-0.25, -0.2) is 8.78 Å². The lowest BCUT2D eigenvalue weighted by Crippen LogP contribution is -2.60. The Morgan fingerprint density at radius 2 is 1.38 bits per heavy atom. The van der Waals surface area contributed by atoms with Crippen molar-refractivity contribution in [3.8, 4) is 0 Å². The highest BCUT2D eigenvalue weighted by molar-refractivity contribution is 4.98. The van der Waals surface area contributed by atoms with Gasteiger partial charge in [0, 0.05) is 0 Å². The molecule has 0 aliphatic rings. The van der Waals surface area contributed by atoms with Gasteiger partial charge in [0.25, 0.3) is 5.92 Å². The van der Waals surface area contributed by atoms with Crippen molar-refractivity contribution in [2.24, 2.45) is 11.1 Å². The molecule has 3 N–H and O–H groups in total. The van der Waals surface area contributed by atoms with Crippen LogP contribution in [0.1, 0.15) is 34.6 Å². The van der Waals surface area contributed by atoms with Crippen LogP contribution in [0.4, 0.5) is 8.78 Å². The molecule has 0 aromatic heterocycles. The second-order valence-electron chi connectivity index (χ2n) is 5.11. The Bertz CT molecular complexity index is 179. The van der Waals surface area contributed by atoms with E-state index in [1.165, 1.54) is 13.8 Å². The molecule has 0 amide bonds. The quantitative estimate of drug-likeness (QED) is 0.705. The van der Waals surface area contributed by atoms with Crippen LogP contribution in [0.15, 0.2) is 0 Å². The Morgan fingerprint density at radius 3 is 1.46 bits per heavy atom. The predicted molar refractivity (Wildman–Crippen MR) is 48.7 cm³/mol. The van der Waals surface area contributed by atoms with Gasteiger partial charge in [-0.2, -0.15) is 0 Å². The standard InChI is InChI=1S/C9H19F2NO/c1-7(2,3)6(13)9(10,11)8(4,5)12/h6,13H,12H2,1-5H3. The molecule has 0 bridgehead atoms. The van der Waals surface area contributed by atoms with Gasteiger partial charge >= 0.3 is 0 Å². The lowest BCUT2D eigenvalue weighted by molar-refractivity contribution is -0.182. The summed E-state index contributed by atoms with van der Waals surface area (Å²) in [5, 5.41) is 9.42. The van der Waals surface area contributed by atoms with Crippen molar-refractivity contribution in [2.45, 2.75) is 52.2 Å². The van der Waals surface area contributed by atoms with Gasteiger partial charge in [-0.1, -0.05) is 20.8 Å². The van der Waals surface area contributed by atoms with E-state index in [-0.39, 0.29) is 0 Å². The molecule has 0 aromatic carbocycles. The summed E-state index contributed by atoms with van der Waals surface area (Å²) in [5.74, 6) is -3.29. The van der Waals surface area contributed by atoms with Crippen LogP contribution in [0, 0.1) is 5.41 Å². The van der Waals surface area contributed by atoms with Crippen molar-refractivity contribution < 1.29 is 13.9 Å². The Balaban J connectivity index is 4.86. The average molecular weight is 195 g/mol. The summed E-state index contributed by atoms with van der Waals surface area (Å²) in [6, 6.07) is 0. The van der Waals surface area contributed by atoms with Crippen molar-refractivity contribution in [3.63, 3.8) is 0 Å². The molecule has 1 unspecified atom stereocenters. The number of aliphatic hydroxyl groups is 1. The van der Waals surface area contributed by atoms with Crippen LogP contribution in [0.5, 0.6) is 0 Å². The SMILES string of the molecule is CC(C)(C)C(O)C(F)(F)C(C)(C)N. The van der Waals surface area contributed by atoms with Crippen LogP contribution in [0.3, 0.4) is 0 Å². The Hall–Kier alpha value is -0.220. The molecular formula is C9H19F2NO. The van der Waals surface area contributed by atoms with Crippen LogP contribution in [0.25, 0.3) is 0 Å². The van der Waals surface area contributed by atoms with Gasteiger partial charge in [-0.05, 0) is 19.3 Å². The van der Waals surface area contributed by atoms with E-state index < -0.39 is 23.0 Å². The molecule has 0 spiro atoms. The number of hydrogen-bond acceptors (Lipinski definition) is 2. The maximum absolute atomic E-state index is 13.4. The number of halogens is 2. The summed E-state index contributed by atoms with van der Waals surface area (Å²) >= 11 is 0. The fourth-order valence-corrected chi connectivity index (χ4v) is 0.896. The van der Waals surface area contributed by atoms with E-state index in [1.54, 1.807) is 20.8 Å². The topological polar surface area (TPSA) is 46.2 Å². The van der Waals surface area contributed by atoms with E-state index in [4.69, 9.17) is 5.73 Å². The van der Waals surface area contributed by atoms with Crippen LogP contribution in [0.2, 0.25) is 0 Å². The van der Waals surface area contributed by atoms with Gasteiger partial charge in [0.1, 0.15) is 6.10 Å². The van der Waals surface area contributed by atoms with Gasteiger partial charge in [0.2, 0.25) is 0 Å². The summed E-state index contributed by atoms with van der Waals surface area (Å²) in [6.45, 7) is 7.08. The van der Waals surface area contributed by atoms with Crippen molar-refractivity contribution in [3.05, 3.63) is 0 Å². The van der Waals surface area contributed by atoms with Crippen molar-refractivity contribution >= 4 is 0 Å². The highest BCUT2D eigenvalue weighted by Gasteiger charge is 2.53. The van der Waals surface area contributed by atoms with E-state index in [2.05, 4.69) is 0 Å². The number of rotatable bonds is 2. The monoisotopic (exact) mass is 195 g/mol. The molecule has 0 heterocycles. The summed E-state index contributed by atoms with van der Waals surface area (Å²) < 4.78 is 26.9. The van der Waals surface area contributed by atoms with Gasteiger partial charge in [-0.3, -0.25) is 0 Å². The molecule has 0 radical (unpaired) electrons. The maximum Gasteiger partial charge on any atom is 0.290 e. The lowest BCUT2D eigenvalue weighted by atomic mass is 9.79. The van der Waals surface area contributed by atoms with E-state index in [9.17, 15) is 13.9 Å². The molecule has 13 heavy (non-hydrogen) atoms. The fourth-order valence-electron chi connectivity index (χ4n) is 0.896. The lowest BCUT2D eigenvalue weighted by Gasteiger charge is -2.39. The average Bonchev–Trinajstić information content (AvgIpc) is 1.81. The zero-order valence-electron chi connectivity index (χ0n) is 8.86. The molecule has 2 nitrogen and oxygen atoms in total. The fraction of sp³-hybridized carbons (Fsp3) is 1.00.